The Kier molecular flexibility index (Phi) is 7.35. The highest BCUT2D eigenvalue weighted by Gasteiger charge is 2.18. The first-order chi connectivity index (χ1) is 27.3. The molecule has 0 fully saturated rings. The van der Waals surface area contributed by atoms with Gasteiger partial charge in [-0.2, -0.15) is 0 Å². The fourth-order valence-corrected chi connectivity index (χ4v) is 9.33. The van der Waals surface area contributed by atoms with Crippen LogP contribution >= 0.6 is 11.3 Å². The summed E-state index contributed by atoms with van der Waals surface area (Å²) < 4.78 is 5.01. The predicted molar refractivity (Wildman–Crippen MR) is 235 cm³/mol. The smallest absolute Gasteiger partial charge is 0.0555 e. The van der Waals surface area contributed by atoms with Gasteiger partial charge in [0.15, 0.2) is 0 Å². The highest BCUT2D eigenvalue weighted by molar-refractivity contribution is 7.25. The SMILES string of the molecule is c1ccc(-n2c3ccccc3c3cc(-c4ccc(N(c5ccc(-c6ccc7sc8ccccc8c7c6)cc5)c5cccc6ccncc56)cc4)ccc32)cc1. The van der Waals surface area contributed by atoms with E-state index in [1.54, 1.807) is 0 Å². The van der Waals surface area contributed by atoms with E-state index in [1.165, 1.54) is 69.9 Å². The Bertz CT molecular complexity index is 3190. The van der Waals surface area contributed by atoms with Crippen molar-refractivity contribution in [1.82, 2.24) is 9.55 Å². The number of para-hydroxylation sites is 2. The van der Waals surface area contributed by atoms with E-state index in [2.05, 4.69) is 203 Å². The monoisotopic (exact) mass is 719 g/mol. The normalized spacial score (nSPS) is 11.6. The van der Waals surface area contributed by atoms with E-state index in [4.69, 9.17) is 0 Å². The third-order valence-electron chi connectivity index (χ3n) is 10.9. The van der Waals surface area contributed by atoms with Gasteiger partial charge in [-0.05, 0) is 113 Å². The summed E-state index contributed by atoms with van der Waals surface area (Å²) in [6.45, 7) is 0. The van der Waals surface area contributed by atoms with Gasteiger partial charge in [0.2, 0.25) is 0 Å². The summed E-state index contributed by atoms with van der Waals surface area (Å²) in [6, 6.07) is 68.2. The molecule has 11 aromatic rings. The third-order valence-corrected chi connectivity index (χ3v) is 12.0. The molecule has 3 aromatic heterocycles. The van der Waals surface area contributed by atoms with Crippen LogP contribution in [0.1, 0.15) is 0 Å². The highest BCUT2D eigenvalue weighted by Crippen LogP contribution is 2.42. The van der Waals surface area contributed by atoms with Crippen molar-refractivity contribution in [3.8, 4) is 27.9 Å². The molecule has 0 aliphatic rings. The van der Waals surface area contributed by atoms with Crippen molar-refractivity contribution in [2.45, 2.75) is 0 Å². The van der Waals surface area contributed by atoms with Crippen molar-refractivity contribution in [2.75, 3.05) is 4.90 Å². The second kappa shape index (κ2) is 12.8. The largest absolute Gasteiger partial charge is 0.310 e. The quantitative estimate of drug-likeness (QED) is 0.171. The van der Waals surface area contributed by atoms with Gasteiger partial charge in [-0.3, -0.25) is 4.98 Å². The first kappa shape index (κ1) is 31.5. The summed E-state index contributed by atoms with van der Waals surface area (Å²) in [4.78, 5) is 6.88. The zero-order valence-corrected chi connectivity index (χ0v) is 30.6. The van der Waals surface area contributed by atoms with Gasteiger partial charge >= 0.3 is 0 Å². The van der Waals surface area contributed by atoms with Crippen LogP contribution in [0.15, 0.2) is 200 Å². The molecule has 0 atom stereocenters. The fourth-order valence-electron chi connectivity index (χ4n) is 8.24. The van der Waals surface area contributed by atoms with Gasteiger partial charge < -0.3 is 9.47 Å². The minimum absolute atomic E-state index is 1.08. The topological polar surface area (TPSA) is 21.1 Å². The Morgan fingerprint density at radius 2 is 1.04 bits per heavy atom. The van der Waals surface area contributed by atoms with E-state index in [0.717, 1.165) is 27.8 Å². The van der Waals surface area contributed by atoms with Crippen molar-refractivity contribution < 1.29 is 0 Å². The zero-order valence-electron chi connectivity index (χ0n) is 29.8. The number of pyridine rings is 1. The van der Waals surface area contributed by atoms with Crippen LogP contribution in [-0.2, 0) is 0 Å². The van der Waals surface area contributed by atoms with Gasteiger partial charge in [-0.1, -0.05) is 103 Å². The number of benzene rings is 8. The van der Waals surface area contributed by atoms with E-state index >= 15 is 0 Å². The molecular formula is C51H33N3S. The Morgan fingerprint density at radius 1 is 0.418 bits per heavy atom. The van der Waals surface area contributed by atoms with Crippen molar-refractivity contribution in [3.63, 3.8) is 0 Å². The van der Waals surface area contributed by atoms with Crippen molar-refractivity contribution in [3.05, 3.63) is 200 Å². The second-order valence-electron chi connectivity index (χ2n) is 14.0. The van der Waals surface area contributed by atoms with E-state index in [9.17, 15) is 0 Å². The number of anilines is 3. The third kappa shape index (κ3) is 5.30. The maximum absolute atomic E-state index is 4.53. The number of nitrogens with zero attached hydrogens (tertiary/aromatic N) is 3. The lowest BCUT2D eigenvalue weighted by molar-refractivity contribution is 1.18. The van der Waals surface area contributed by atoms with Crippen LogP contribution in [0.5, 0.6) is 0 Å². The number of fused-ring (bicyclic) bond motifs is 7. The number of aromatic nitrogens is 2. The molecule has 11 rings (SSSR count). The zero-order chi connectivity index (χ0) is 36.3. The summed E-state index contributed by atoms with van der Waals surface area (Å²) >= 11 is 1.86. The molecule has 258 valence electrons. The minimum Gasteiger partial charge on any atom is -0.310 e. The number of rotatable bonds is 6. The Balaban J connectivity index is 0.995. The molecule has 0 saturated carbocycles. The summed E-state index contributed by atoms with van der Waals surface area (Å²) in [5.41, 5.74) is 11.6. The average Bonchev–Trinajstić information content (AvgIpc) is 3.80. The van der Waals surface area contributed by atoms with Gasteiger partial charge in [0.25, 0.3) is 0 Å². The van der Waals surface area contributed by atoms with Gasteiger partial charge in [0.1, 0.15) is 0 Å². The fraction of sp³-hybridized carbons (Fsp3) is 0. The molecule has 0 amide bonds. The van der Waals surface area contributed by atoms with Crippen LogP contribution in [0.4, 0.5) is 17.1 Å². The van der Waals surface area contributed by atoms with Crippen LogP contribution < -0.4 is 4.90 Å². The van der Waals surface area contributed by atoms with Crippen molar-refractivity contribution in [1.29, 1.82) is 0 Å². The predicted octanol–water partition coefficient (Wildman–Crippen LogP) is 14.5. The molecule has 0 spiro atoms. The summed E-state index contributed by atoms with van der Waals surface area (Å²) in [7, 11) is 0. The van der Waals surface area contributed by atoms with Crippen LogP contribution in [0.3, 0.4) is 0 Å². The molecule has 0 aliphatic carbocycles. The maximum Gasteiger partial charge on any atom is 0.0555 e. The van der Waals surface area contributed by atoms with Crippen LogP contribution in [-0.4, -0.2) is 9.55 Å². The molecule has 0 bridgehead atoms. The Hall–Kier alpha value is -7.01. The van der Waals surface area contributed by atoms with Gasteiger partial charge in [-0.15, -0.1) is 11.3 Å². The molecule has 4 heteroatoms. The molecule has 0 radical (unpaired) electrons. The lowest BCUT2D eigenvalue weighted by Crippen LogP contribution is -2.10. The average molecular weight is 720 g/mol. The highest BCUT2D eigenvalue weighted by atomic mass is 32.1. The number of hydrogen-bond acceptors (Lipinski definition) is 3. The van der Waals surface area contributed by atoms with Crippen LogP contribution in [0.25, 0.3) is 80.7 Å². The summed E-state index contributed by atoms with van der Waals surface area (Å²) in [5.74, 6) is 0. The summed E-state index contributed by atoms with van der Waals surface area (Å²) in [5, 5.41) is 7.39. The second-order valence-corrected chi connectivity index (χ2v) is 15.1. The molecule has 0 unspecified atom stereocenters. The minimum atomic E-state index is 1.08. The molecule has 0 N–H and O–H groups in total. The van der Waals surface area contributed by atoms with Crippen molar-refractivity contribution >= 4 is 81.1 Å². The van der Waals surface area contributed by atoms with Crippen LogP contribution in [0.2, 0.25) is 0 Å². The number of hydrogen-bond donors (Lipinski definition) is 0. The Labute approximate surface area is 322 Å². The van der Waals surface area contributed by atoms with Crippen molar-refractivity contribution in [2.24, 2.45) is 0 Å². The lowest BCUT2D eigenvalue weighted by Gasteiger charge is -2.27. The van der Waals surface area contributed by atoms with Gasteiger partial charge in [-0.25, -0.2) is 0 Å². The van der Waals surface area contributed by atoms with E-state index in [0.29, 0.717) is 0 Å². The molecule has 0 saturated heterocycles. The Morgan fingerprint density at radius 3 is 1.82 bits per heavy atom. The standard InChI is InChI=1S/C51H33N3S/c1-2-10-39(11-3-1)54-47-14-6-4-12-42(47)44-31-37(21-27-49(44)54)34-17-23-40(24-18-34)53(48-15-8-9-36-29-30-52-33-46(36)48)41-25-19-35(20-26-41)38-22-28-51-45(32-38)43-13-5-7-16-50(43)55-51/h1-33H. The number of thiophene rings is 1. The molecular weight excluding hydrogens is 687 g/mol. The van der Waals surface area contributed by atoms with E-state index in [-0.39, 0.29) is 0 Å². The maximum atomic E-state index is 4.53. The first-order valence-electron chi connectivity index (χ1n) is 18.6. The molecule has 8 aromatic carbocycles. The van der Waals surface area contributed by atoms with E-state index < -0.39 is 0 Å². The van der Waals surface area contributed by atoms with E-state index in [1.807, 2.05) is 23.7 Å². The first-order valence-corrected chi connectivity index (χ1v) is 19.4. The molecule has 0 aliphatic heterocycles. The summed E-state index contributed by atoms with van der Waals surface area (Å²) in [6.07, 6.45) is 3.84. The van der Waals surface area contributed by atoms with Gasteiger partial charge in [0, 0.05) is 65.8 Å². The van der Waals surface area contributed by atoms with Crippen LogP contribution in [0, 0.1) is 0 Å². The molecule has 3 nitrogen and oxygen atoms in total. The molecule has 55 heavy (non-hydrogen) atoms. The van der Waals surface area contributed by atoms with Gasteiger partial charge in [0.05, 0.1) is 16.7 Å². The molecule has 3 heterocycles. The lowest BCUT2D eigenvalue weighted by atomic mass is 10.0.